The lowest BCUT2D eigenvalue weighted by Crippen LogP contribution is -2.23. The number of hydrogen-bond acceptors (Lipinski definition) is 4. The van der Waals surface area contributed by atoms with Gasteiger partial charge < -0.3 is 10.6 Å². The standard InChI is InChI=1S/C16H20N4O/c1-4-17-15-6-5-13(9-11(15)2)16(21)19-10-14-7-8-18-12(3)20-14/h5-9,17H,4,10H2,1-3H3,(H,19,21). The Bertz CT molecular complexity index is 640. The lowest BCUT2D eigenvalue weighted by atomic mass is 10.1. The highest BCUT2D eigenvalue weighted by atomic mass is 16.1. The fraction of sp³-hybridized carbons (Fsp3) is 0.312. The average molecular weight is 284 g/mol. The van der Waals surface area contributed by atoms with Gasteiger partial charge in [-0.1, -0.05) is 0 Å². The molecule has 1 heterocycles. The Morgan fingerprint density at radius 1 is 1.24 bits per heavy atom. The maximum Gasteiger partial charge on any atom is 0.251 e. The van der Waals surface area contributed by atoms with Gasteiger partial charge in [-0.2, -0.15) is 0 Å². The van der Waals surface area contributed by atoms with Crippen molar-refractivity contribution in [1.29, 1.82) is 0 Å². The van der Waals surface area contributed by atoms with E-state index in [1.165, 1.54) is 0 Å². The van der Waals surface area contributed by atoms with Gasteiger partial charge in [0, 0.05) is 24.0 Å². The first kappa shape index (κ1) is 15.0. The first-order chi connectivity index (χ1) is 10.1. The summed E-state index contributed by atoms with van der Waals surface area (Å²) in [6.45, 7) is 7.12. The minimum atomic E-state index is -0.0996. The van der Waals surface area contributed by atoms with Crippen LogP contribution in [0.5, 0.6) is 0 Å². The van der Waals surface area contributed by atoms with Crippen LogP contribution in [0.1, 0.15) is 34.4 Å². The molecule has 110 valence electrons. The van der Waals surface area contributed by atoms with Gasteiger partial charge in [0.15, 0.2) is 0 Å². The van der Waals surface area contributed by atoms with Crippen LogP contribution in [0.2, 0.25) is 0 Å². The van der Waals surface area contributed by atoms with Crippen molar-refractivity contribution in [2.24, 2.45) is 0 Å². The Morgan fingerprint density at radius 2 is 2.05 bits per heavy atom. The number of carbonyl (C=O) groups is 1. The second-order valence-electron chi connectivity index (χ2n) is 4.84. The van der Waals surface area contributed by atoms with Gasteiger partial charge in [-0.15, -0.1) is 0 Å². The summed E-state index contributed by atoms with van der Waals surface area (Å²) in [6.07, 6.45) is 1.69. The molecule has 21 heavy (non-hydrogen) atoms. The van der Waals surface area contributed by atoms with E-state index in [-0.39, 0.29) is 5.91 Å². The minimum absolute atomic E-state index is 0.0996. The van der Waals surface area contributed by atoms with E-state index in [0.717, 1.165) is 23.5 Å². The second kappa shape index (κ2) is 6.83. The van der Waals surface area contributed by atoms with Gasteiger partial charge >= 0.3 is 0 Å². The molecule has 2 aromatic rings. The fourth-order valence-corrected chi connectivity index (χ4v) is 2.07. The number of rotatable bonds is 5. The van der Waals surface area contributed by atoms with Crippen molar-refractivity contribution in [1.82, 2.24) is 15.3 Å². The first-order valence-electron chi connectivity index (χ1n) is 7.01. The van der Waals surface area contributed by atoms with Crippen molar-refractivity contribution in [3.8, 4) is 0 Å². The topological polar surface area (TPSA) is 66.9 Å². The van der Waals surface area contributed by atoms with Crippen LogP contribution < -0.4 is 10.6 Å². The lowest BCUT2D eigenvalue weighted by Gasteiger charge is -2.10. The molecule has 0 bridgehead atoms. The Hall–Kier alpha value is -2.43. The molecular weight excluding hydrogens is 264 g/mol. The molecule has 0 radical (unpaired) electrons. The summed E-state index contributed by atoms with van der Waals surface area (Å²) >= 11 is 0. The van der Waals surface area contributed by atoms with Gasteiger partial charge in [-0.25, -0.2) is 9.97 Å². The number of aryl methyl sites for hydroxylation is 2. The van der Waals surface area contributed by atoms with Crippen molar-refractivity contribution < 1.29 is 4.79 Å². The van der Waals surface area contributed by atoms with Gasteiger partial charge in [0.25, 0.3) is 5.91 Å². The summed E-state index contributed by atoms with van der Waals surface area (Å²) in [5.41, 5.74) is 3.57. The highest BCUT2D eigenvalue weighted by molar-refractivity contribution is 5.94. The van der Waals surface area contributed by atoms with E-state index in [1.54, 1.807) is 12.3 Å². The molecule has 1 aromatic carbocycles. The summed E-state index contributed by atoms with van der Waals surface area (Å²) in [6, 6.07) is 7.44. The lowest BCUT2D eigenvalue weighted by molar-refractivity contribution is 0.0950. The normalized spacial score (nSPS) is 10.2. The monoisotopic (exact) mass is 284 g/mol. The molecule has 0 atom stereocenters. The third-order valence-corrected chi connectivity index (χ3v) is 3.12. The zero-order chi connectivity index (χ0) is 15.2. The molecular formula is C16H20N4O. The highest BCUT2D eigenvalue weighted by Crippen LogP contribution is 2.16. The van der Waals surface area contributed by atoms with Crippen LogP contribution in [0.25, 0.3) is 0 Å². The zero-order valence-corrected chi connectivity index (χ0v) is 12.6. The van der Waals surface area contributed by atoms with Crippen molar-refractivity contribution in [2.45, 2.75) is 27.3 Å². The van der Waals surface area contributed by atoms with Gasteiger partial charge in [0.1, 0.15) is 5.82 Å². The molecule has 0 saturated carbocycles. The van der Waals surface area contributed by atoms with E-state index in [1.807, 2.05) is 39.0 Å². The first-order valence-corrected chi connectivity index (χ1v) is 7.01. The number of benzene rings is 1. The average Bonchev–Trinajstić information content (AvgIpc) is 2.47. The van der Waals surface area contributed by atoms with Crippen LogP contribution >= 0.6 is 0 Å². The fourth-order valence-electron chi connectivity index (χ4n) is 2.07. The number of nitrogens with zero attached hydrogens (tertiary/aromatic N) is 2. The summed E-state index contributed by atoms with van der Waals surface area (Å²) in [5, 5.41) is 6.13. The Labute approximate surface area is 124 Å². The van der Waals surface area contributed by atoms with E-state index in [4.69, 9.17) is 0 Å². The van der Waals surface area contributed by atoms with Crippen LogP contribution in [-0.2, 0) is 6.54 Å². The SMILES string of the molecule is CCNc1ccc(C(=O)NCc2ccnc(C)n2)cc1C. The second-order valence-corrected chi connectivity index (χ2v) is 4.84. The summed E-state index contributed by atoms with van der Waals surface area (Å²) < 4.78 is 0. The molecule has 0 aliphatic carbocycles. The zero-order valence-electron chi connectivity index (χ0n) is 12.6. The Kier molecular flexibility index (Phi) is 4.87. The number of aromatic nitrogens is 2. The van der Waals surface area contributed by atoms with Crippen molar-refractivity contribution in [3.63, 3.8) is 0 Å². The molecule has 0 unspecified atom stereocenters. The number of nitrogens with one attached hydrogen (secondary N) is 2. The smallest absolute Gasteiger partial charge is 0.251 e. The van der Waals surface area contributed by atoms with Crippen LogP contribution in [0.15, 0.2) is 30.5 Å². The molecule has 5 nitrogen and oxygen atoms in total. The predicted molar refractivity (Wildman–Crippen MR) is 83.3 cm³/mol. The van der Waals surface area contributed by atoms with Crippen molar-refractivity contribution >= 4 is 11.6 Å². The molecule has 2 rings (SSSR count). The van der Waals surface area contributed by atoms with Crippen LogP contribution in [0.4, 0.5) is 5.69 Å². The number of anilines is 1. The molecule has 0 spiro atoms. The van der Waals surface area contributed by atoms with Gasteiger partial charge in [0.05, 0.1) is 12.2 Å². The molecule has 1 aromatic heterocycles. The Morgan fingerprint density at radius 3 is 2.71 bits per heavy atom. The third kappa shape index (κ3) is 4.02. The van der Waals surface area contributed by atoms with E-state index >= 15 is 0 Å². The van der Waals surface area contributed by atoms with E-state index in [0.29, 0.717) is 17.9 Å². The molecule has 5 heteroatoms. The molecule has 1 amide bonds. The minimum Gasteiger partial charge on any atom is -0.385 e. The molecule has 0 aliphatic heterocycles. The summed E-state index contributed by atoms with van der Waals surface area (Å²) in [7, 11) is 0. The van der Waals surface area contributed by atoms with Gasteiger partial charge in [0.2, 0.25) is 0 Å². The number of carbonyl (C=O) groups excluding carboxylic acids is 1. The van der Waals surface area contributed by atoms with Gasteiger partial charge in [-0.3, -0.25) is 4.79 Å². The van der Waals surface area contributed by atoms with E-state index in [2.05, 4.69) is 20.6 Å². The molecule has 0 saturated heterocycles. The van der Waals surface area contributed by atoms with Crippen molar-refractivity contribution in [2.75, 3.05) is 11.9 Å². The summed E-state index contributed by atoms with van der Waals surface area (Å²) in [4.78, 5) is 20.4. The van der Waals surface area contributed by atoms with Crippen LogP contribution in [0, 0.1) is 13.8 Å². The maximum absolute atomic E-state index is 12.1. The third-order valence-electron chi connectivity index (χ3n) is 3.12. The number of amides is 1. The molecule has 0 aliphatic rings. The van der Waals surface area contributed by atoms with E-state index in [9.17, 15) is 4.79 Å². The predicted octanol–water partition coefficient (Wildman–Crippen LogP) is 2.46. The quantitative estimate of drug-likeness (QED) is 0.885. The van der Waals surface area contributed by atoms with Gasteiger partial charge in [-0.05, 0) is 50.6 Å². The van der Waals surface area contributed by atoms with Crippen LogP contribution in [-0.4, -0.2) is 22.4 Å². The largest absolute Gasteiger partial charge is 0.385 e. The van der Waals surface area contributed by atoms with Crippen molar-refractivity contribution in [3.05, 3.63) is 53.1 Å². The summed E-state index contributed by atoms with van der Waals surface area (Å²) in [5.74, 6) is 0.602. The number of hydrogen-bond donors (Lipinski definition) is 2. The van der Waals surface area contributed by atoms with E-state index < -0.39 is 0 Å². The molecule has 2 N–H and O–H groups in total. The highest BCUT2D eigenvalue weighted by Gasteiger charge is 2.08. The molecule has 0 fully saturated rings. The maximum atomic E-state index is 12.1. The Balaban J connectivity index is 2.02. The van der Waals surface area contributed by atoms with Crippen LogP contribution in [0.3, 0.4) is 0 Å².